The van der Waals surface area contributed by atoms with Crippen LogP contribution in [0.1, 0.15) is 37.4 Å². The van der Waals surface area contributed by atoms with Gasteiger partial charge in [0.2, 0.25) is 0 Å². The average molecular weight is 371 g/mol. The molecule has 2 N–H and O–H groups in total. The third-order valence-electron chi connectivity index (χ3n) is 4.47. The van der Waals surface area contributed by atoms with Crippen molar-refractivity contribution in [2.24, 2.45) is 0 Å². The standard InChI is InChI=1S/C21H23ClN2O2/c1-4-19(26-20-9-8-13(2)12-17(20)22)21(25)24-14(3)15-6-5-7-18-16(15)10-11-23-18/h5-12,14,19,23H,4H2,1-3H3,(H,24,25). The Labute approximate surface area is 158 Å². The van der Waals surface area contributed by atoms with E-state index in [-0.39, 0.29) is 11.9 Å². The van der Waals surface area contributed by atoms with Gasteiger partial charge in [-0.3, -0.25) is 4.79 Å². The number of hydrogen-bond acceptors (Lipinski definition) is 2. The summed E-state index contributed by atoms with van der Waals surface area (Å²) in [5.74, 6) is 0.379. The minimum atomic E-state index is -0.594. The van der Waals surface area contributed by atoms with Crippen molar-refractivity contribution in [1.29, 1.82) is 0 Å². The van der Waals surface area contributed by atoms with Crippen LogP contribution in [0.5, 0.6) is 5.75 Å². The van der Waals surface area contributed by atoms with Crippen LogP contribution in [0, 0.1) is 6.92 Å². The topological polar surface area (TPSA) is 54.1 Å². The zero-order valence-electron chi connectivity index (χ0n) is 15.2. The fraction of sp³-hybridized carbons (Fsp3) is 0.286. The van der Waals surface area contributed by atoms with Crippen LogP contribution in [-0.2, 0) is 4.79 Å². The molecule has 5 heteroatoms. The third-order valence-corrected chi connectivity index (χ3v) is 4.77. The summed E-state index contributed by atoms with van der Waals surface area (Å²) in [5, 5.41) is 4.68. The molecule has 1 aromatic heterocycles. The number of ether oxygens (including phenoxy) is 1. The molecular formula is C21H23ClN2O2. The Bertz CT molecular complexity index is 919. The molecule has 3 aromatic rings. The number of rotatable bonds is 6. The van der Waals surface area contributed by atoms with E-state index in [0.717, 1.165) is 22.0 Å². The molecule has 0 aliphatic rings. The first kappa shape index (κ1) is 18.3. The molecule has 26 heavy (non-hydrogen) atoms. The number of benzene rings is 2. The molecule has 1 amide bonds. The number of aromatic nitrogens is 1. The molecule has 0 aliphatic heterocycles. The Morgan fingerprint density at radius 1 is 1.27 bits per heavy atom. The largest absolute Gasteiger partial charge is 0.479 e. The number of fused-ring (bicyclic) bond motifs is 1. The van der Waals surface area contributed by atoms with E-state index in [1.54, 1.807) is 6.07 Å². The van der Waals surface area contributed by atoms with Gasteiger partial charge in [-0.15, -0.1) is 0 Å². The van der Waals surface area contributed by atoms with Crippen LogP contribution in [0.3, 0.4) is 0 Å². The summed E-state index contributed by atoms with van der Waals surface area (Å²) in [5.41, 5.74) is 3.17. The van der Waals surface area contributed by atoms with E-state index in [2.05, 4.69) is 10.3 Å². The predicted molar refractivity (Wildman–Crippen MR) is 106 cm³/mol. The van der Waals surface area contributed by atoms with Gasteiger partial charge in [0.1, 0.15) is 5.75 Å². The number of amides is 1. The van der Waals surface area contributed by atoms with Gasteiger partial charge in [-0.25, -0.2) is 0 Å². The van der Waals surface area contributed by atoms with Crippen LogP contribution < -0.4 is 10.1 Å². The number of nitrogens with one attached hydrogen (secondary N) is 2. The number of halogens is 1. The van der Waals surface area contributed by atoms with E-state index in [1.165, 1.54) is 0 Å². The second kappa shape index (κ2) is 7.83. The Morgan fingerprint density at radius 3 is 2.81 bits per heavy atom. The average Bonchev–Trinajstić information content (AvgIpc) is 3.09. The Hall–Kier alpha value is -2.46. The van der Waals surface area contributed by atoms with E-state index in [9.17, 15) is 4.79 Å². The van der Waals surface area contributed by atoms with Crippen LogP contribution in [-0.4, -0.2) is 17.0 Å². The van der Waals surface area contributed by atoms with Crippen molar-refractivity contribution in [3.63, 3.8) is 0 Å². The third kappa shape index (κ3) is 3.86. The lowest BCUT2D eigenvalue weighted by atomic mass is 10.0. The number of carbonyl (C=O) groups excluding carboxylic acids is 1. The summed E-state index contributed by atoms with van der Waals surface area (Å²) in [6, 6.07) is 13.5. The van der Waals surface area contributed by atoms with Crippen molar-refractivity contribution in [2.45, 2.75) is 39.3 Å². The highest BCUT2D eigenvalue weighted by atomic mass is 35.5. The highest BCUT2D eigenvalue weighted by Crippen LogP contribution is 2.27. The zero-order chi connectivity index (χ0) is 18.7. The molecule has 0 aliphatic carbocycles. The molecule has 0 fully saturated rings. The molecule has 0 radical (unpaired) electrons. The molecular weight excluding hydrogens is 348 g/mol. The maximum Gasteiger partial charge on any atom is 0.261 e. The SMILES string of the molecule is CCC(Oc1ccc(C)cc1Cl)C(=O)NC(C)c1cccc2[nH]ccc12. The molecule has 1 heterocycles. The highest BCUT2D eigenvalue weighted by molar-refractivity contribution is 6.32. The molecule has 0 bridgehead atoms. The van der Waals surface area contributed by atoms with Crippen molar-refractivity contribution in [2.75, 3.05) is 0 Å². The summed E-state index contributed by atoms with van der Waals surface area (Å²) < 4.78 is 5.87. The minimum absolute atomic E-state index is 0.131. The molecule has 0 saturated carbocycles. The normalized spacial score (nSPS) is 13.4. The molecule has 4 nitrogen and oxygen atoms in total. The van der Waals surface area contributed by atoms with E-state index < -0.39 is 6.10 Å². The summed E-state index contributed by atoms with van der Waals surface area (Å²) >= 11 is 6.23. The second-order valence-electron chi connectivity index (χ2n) is 6.47. The first-order chi connectivity index (χ1) is 12.5. The maximum atomic E-state index is 12.7. The van der Waals surface area contributed by atoms with Gasteiger partial charge in [0.05, 0.1) is 11.1 Å². The smallest absolute Gasteiger partial charge is 0.261 e. The van der Waals surface area contributed by atoms with Gasteiger partial charge >= 0.3 is 0 Å². The first-order valence-electron chi connectivity index (χ1n) is 8.78. The lowest BCUT2D eigenvalue weighted by molar-refractivity contribution is -0.128. The molecule has 0 spiro atoms. The highest BCUT2D eigenvalue weighted by Gasteiger charge is 2.22. The predicted octanol–water partition coefficient (Wildman–Crippen LogP) is 5.16. The van der Waals surface area contributed by atoms with Crippen LogP contribution in [0.2, 0.25) is 5.02 Å². The molecule has 2 atom stereocenters. The Morgan fingerprint density at radius 2 is 2.08 bits per heavy atom. The Kier molecular flexibility index (Phi) is 5.52. The van der Waals surface area contributed by atoms with Crippen molar-refractivity contribution in [3.05, 3.63) is 64.8 Å². The summed E-state index contributed by atoms with van der Waals surface area (Å²) in [6.07, 6.45) is 1.86. The van der Waals surface area contributed by atoms with Crippen molar-refractivity contribution in [3.8, 4) is 5.75 Å². The number of aryl methyl sites for hydroxylation is 1. The van der Waals surface area contributed by atoms with Crippen LogP contribution in [0.15, 0.2) is 48.7 Å². The van der Waals surface area contributed by atoms with E-state index >= 15 is 0 Å². The van der Waals surface area contributed by atoms with Gasteiger partial charge in [-0.2, -0.15) is 0 Å². The van der Waals surface area contributed by atoms with Gasteiger partial charge in [-0.1, -0.05) is 36.7 Å². The zero-order valence-corrected chi connectivity index (χ0v) is 15.9. The van der Waals surface area contributed by atoms with E-state index in [1.807, 2.05) is 63.4 Å². The Balaban J connectivity index is 1.73. The molecule has 3 rings (SSSR count). The number of carbonyl (C=O) groups is 1. The van der Waals surface area contributed by atoms with Crippen LogP contribution >= 0.6 is 11.6 Å². The molecule has 2 unspecified atom stereocenters. The van der Waals surface area contributed by atoms with Crippen molar-refractivity contribution in [1.82, 2.24) is 10.3 Å². The molecule has 136 valence electrons. The van der Waals surface area contributed by atoms with E-state index in [0.29, 0.717) is 17.2 Å². The molecule has 2 aromatic carbocycles. The van der Waals surface area contributed by atoms with Crippen molar-refractivity contribution < 1.29 is 9.53 Å². The summed E-state index contributed by atoms with van der Waals surface area (Å²) in [4.78, 5) is 15.9. The first-order valence-corrected chi connectivity index (χ1v) is 9.16. The van der Waals surface area contributed by atoms with Crippen LogP contribution in [0.4, 0.5) is 0 Å². The van der Waals surface area contributed by atoms with Gasteiger partial charge in [0, 0.05) is 17.1 Å². The lowest BCUT2D eigenvalue weighted by Crippen LogP contribution is -2.39. The fourth-order valence-corrected chi connectivity index (χ4v) is 3.33. The van der Waals surface area contributed by atoms with Gasteiger partial charge in [0.25, 0.3) is 5.91 Å². The maximum absolute atomic E-state index is 12.7. The monoisotopic (exact) mass is 370 g/mol. The van der Waals surface area contributed by atoms with Crippen molar-refractivity contribution >= 4 is 28.4 Å². The quantitative estimate of drug-likeness (QED) is 0.629. The van der Waals surface area contributed by atoms with Gasteiger partial charge in [0.15, 0.2) is 6.10 Å². The molecule has 0 saturated heterocycles. The number of aromatic amines is 1. The summed E-state index contributed by atoms with van der Waals surface area (Å²) in [6.45, 7) is 5.86. The van der Waals surface area contributed by atoms with Gasteiger partial charge < -0.3 is 15.0 Å². The second-order valence-corrected chi connectivity index (χ2v) is 6.87. The van der Waals surface area contributed by atoms with E-state index in [4.69, 9.17) is 16.3 Å². The van der Waals surface area contributed by atoms with Gasteiger partial charge in [-0.05, 0) is 55.7 Å². The number of H-pyrrole nitrogens is 1. The van der Waals surface area contributed by atoms with Crippen LogP contribution in [0.25, 0.3) is 10.9 Å². The lowest BCUT2D eigenvalue weighted by Gasteiger charge is -2.22. The fourth-order valence-electron chi connectivity index (χ4n) is 3.05. The minimum Gasteiger partial charge on any atom is -0.479 e. The summed E-state index contributed by atoms with van der Waals surface area (Å²) in [7, 11) is 0. The number of hydrogen-bond donors (Lipinski definition) is 2.